The van der Waals surface area contributed by atoms with Gasteiger partial charge in [0.15, 0.2) is 5.58 Å². The standard InChI is InChI=1S/C28H30ClN3O5Si/c1-38(2,3)14-13-35-18-32-22-12-11-19(15-24(22)37-28(32)34)16-31-23(17-36-26-10-6-9-25(29)30-26)20-7-4-5-8-21(20)27(31)33/h4-12,15,23H,13-14,16-18H2,1-3H3. The van der Waals surface area contributed by atoms with Crippen LogP contribution in [0, 0.1) is 0 Å². The SMILES string of the molecule is C[Si](C)(C)CCOCn1c(=O)oc2cc(CN3C(=O)c4ccccc4C3COc3cccc(Cl)n3)ccc21. The third-order valence-corrected chi connectivity index (χ3v) is 8.48. The van der Waals surface area contributed by atoms with Crippen LogP contribution in [0.2, 0.25) is 30.8 Å². The van der Waals surface area contributed by atoms with Crippen LogP contribution in [0.5, 0.6) is 5.88 Å². The monoisotopic (exact) mass is 551 g/mol. The van der Waals surface area contributed by atoms with E-state index in [9.17, 15) is 9.59 Å². The minimum atomic E-state index is -1.22. The van der Waals surface area contributed by atoms with E-state index in [4.69, 9.17) is 25.5 Å². The molecule has 0 radical (unpaired) electrons. The van der Waals surface area contributed by atoms with Crippen molar-refractivity contribution in [2.24, 2.45) is 0 Å². The van der Waals surface area contributed by atoms with Crippen LogP contribution in [0.15, 0.2) is 69.9 Å². The highest BCUT2D eigenvalue weighted by Crippen LogP contribution is 2.35. The molecule has 0 fully saturated rings. The summed E-state index contributed by atoms with van der Waals surface area (Å²) in [5.41, 5.74) is 3.50. The molecule has 1 amide bonds. The third kappa shape index (κ3) is 5.69. The van der Waals surface area contributed by atoms with Gasteiger partial charge in [-0.1, -0.05) is 61.6 Å². The quantitative estimate of drug-likeness (QED) is 0.142. The number of amides is 1. The molecular formula is C28H30ClN3O5Si. The summed E-state index contributed by atoms with van der Waals surface area (Å²) in [4.78, 5) is 31.8. The summed E-state index contributed by atoms with van der Waals surface area (Å²) in [6.45, 7) is 8.15. The van der Waals surface area contributed by atoms with E-state index < -0.39 is 13.8 Å². The Balaban J connectivity index is 1.34. The maximum Gasteiger partial charge on any atom is 0.421 e. The normalized spacial score (nSPS) is 15.3. The van der Waals surface area contributed by atoms with Gasteiger partial charge >= 0.3 is 5.76 Å². The van der Waals surface area contributed by atoms with E-state index in [1.807, 2.05) is 42.5 Å². The highest BCUT2D eigenvalue weighted by Gasteiger charge is 2.37. The van der Waals surface area contributed by atoms with Gasteiger partial charge in [0, 0.05) is 32.9 Å². The molecule has 0 N–H and O–H groups in total. The molecular weight excluding hydrogens is 522 g/mol. The number of oxazole rings is 1. The number of hydrogen-bond donors (Lipinski definition) is 0. The van der Waals surface area contributed by atoms with Crippen molar-refractivity contribution in [3.05, 3.63) is 93.1 Å². The fraction of sp³-hybridized carbons (Fsp3) is 0.321. The summed E-state index contributed by atoms with van der Waals surface area (Å²) in [6.07, 6.45) is 0. The Morgan fingerprint density at radius 3 is 2.66 bits per heavy atom. The average Bonchev–Trinajstić information content (AvgIpc) is 3.32. The number of benzene rings is 2. The maximum absolute atomic E-state index is 13.4. The number of carbonyl (C=O) groups excluding carboxylic acids is 1. The van der Waals surface area contributed by atoms with Gasteiger partial charge in [-0.05, 0) is 41.4 Å². The van der Waals surface area contributed by atoms with Crippen molar-refractivity contribution in [2.75, 3.05) is 13.2 Å². The lowest BCUT2D eigenvalue weighted by Gasteiger charge is -2.25. The van der Waals surface area contributed by atoms with Gasteiger partial charge in [0.1, 0.15) is 18.5 Å². The highest BCUT2D eigenvalue weighted by molar-refractivity contribution is 6.76. The van der Waals surface area contributed by atoms with Gasteiger partial charge in [-0.2, -0.15) is 0 Å². The number of nitrogens with zero attached hydrogens (tertiary/aromatic N) is 3. The number of ether oxygens (including phenoxy) is 2. The zero-order chi connectivity index (χ0) is 26.9. The summed E-state index contributed by atoms with van der Waals surface area (Å²) in [7, 11) is -1.22. The Bertz CT molecular complexity index is 1530. The number of fused-ring (bicyclic) bond motifs is 2. The fourth-order valence-corrected chi connectivity index (χ4v) is 5.42. The van der Waals surface area contributed by atoms with Crippen LogP contribution in [0.25, 0.3) is 11.1 Å². The first-order chi connectivity index (χ1) is 18.2. The Morgan fingerprint density at radius 2 is 1.87 bits per heavy atom. The first-order valence-corrected chi connectivity index (χ1v) is 16.6. The topological polar surface area (TPSA) is 86.8 Å². The fourth-order valence-electron chi connectivity index (χ4n) is 4.50. The zero-order valence-electron chi connectivity index (χ0n) is 21.6. The molecule has 1 unspecified atom stereocenters. The van der Waals surface area contributed by atoms with Gasteiger partial charge in [0.05, 0.1) is 11.6 Å². The van der Waals surface area contributed by atoms with E-state index in [2.05, 4.69) is 24.6 Å². The second kappa shape index (κ2) is 10.8. The summed E-state index contributed by atoms with van der Waals surface area (Å²) >= 11 is 6.00. The number of carbonyl (C=O) groups is 1. The largest absolute Gasteiger partial charge is 0.475 e. The Labute approximate surface area is 226 Å². The van der Waals surface area contributed by atoms with Gasteiger partial charge in [0.2, 0.25) is 5.88 Å². The van der Waals surface area contributed by atoms with Crippen LogP contribution in [-0.4, -0.2) is 41.6 Å². The number of halogens is 1. The Kier molecular flexibility index (Phi) is 7.42. The van der Waals surface area contributed by atoms with Gasteiger partial charge in [-0.15, -0.1) is 0 Å². The molecule has 2 aromatic heterocycles. The summed E-state index contributed by atoms with van der Waals surface area (Å²) in [6, 6.07) is 19.0. The molecule has 0 saturated carbocycles. The molecule has 10 heteroatoms. The zero-order valence-corrected chi connectivity index (χ0v) is 23.4. The van der Waals surface area contributed by atoms with E-state index in [-0.39, 0.29) is 25.3 Å². The predicted molar refractivity (Wildman–Crippen MR) is 148 cm³/mol. The summed E-state index contributed by atoms with van der Waals surface area (Å²) in [5, 5.41) is 0.338. The highest BCUT2D eigenvalue weighted by atomic mass is 35.5. The molecule has 8 nitrogen and oxygen atoms in total. The first kappa shape index (κ1) is 26.2. The lowest BCUT2D eigenvalue weighted by molar-refractivity contribution is 0.0650. The molecule has 4 aromatic rings. The number of aromatic nitrogens is 2. The molecule has 1 atom stereocenters. The molecule has 3 heterocycles. The smallest absolute Gasteiger partial charge is 0.421 e. The molecule has 38 heavy (non-hydrogen) atoms. The van der Waals surface area contributed by atoms with Crippen LogP contribution in [0.4, 0.5) is 0 Å². The van der Waals surface area contributed by atoms with Gasteiger partial charge in [-0.3, -0.25) is 4.79 Å². The van der Waals surface area contributed by atoms with Crippen LogP contribution >= 0.6 is 11.6 Å². The lowest BCUT2D eigenvalue weighted by Crippen LogP contribution is -2.31. The van der Waals surface area contributed by atoms with Crippen molar-refractivity contribution in [3.8, 4) is 5.88 Å². The van der Waals surface area contributed by atoms with Gasteiger partial charge < -0.3 is 18.8 Å². The first-order valence-electron chi connectivity index (χ1n) is 12.5. The molecule has 0 aliphatic carbocycles. The average molecular weight is 552 g/mol. The molecule has 0 bridgehead atoms. The molecule has 0 saturated heterocycles. The van der Waals surface area contributed by atoms with Crippen LogP contribution in [0.1, 0.15) is 27.5 Å². The lowest BCUT2D eigenvalue weighted by atomic mass is 10.1. The Hall–Kier alpha value is -3.40. The predicted octanol–water partition coefficient (Wildman–Crippen LogP) is 5.73. The van der Waals surface area contributed by atoms with E-state index in [0.29, 0.717) is 40.8 Å². The number of pyridine rings is 1. The molecule has 1 aliphatic rings. The van der Waals surface area contributed by atoms with Crippen LogP contribution in [-0.2, 0) is 18.0 Å². The van der Waals surface area contributed by atoms with E-state index in [0.717, 1.165) is 17.2 Å². The molecule has 2 aromatic carbocycles. The number of hydrogen-bond acceptors (Lipinski definition) is 6. The molecule has 5 rings (SSSR count). The van der Waals surface area contributed by atoms with E-state index in [1.54, 1.807) is 23.1 Å². The third-order valence-electron chi connectivity index (χ3n) is 6.57. The molecule has 198 valence electrons. The minimum absolute atomic E-state index is 0.0804. The van der Waals surface area contributed by atoms with E-state index >= 15 is 0 Å². The van der Waals surface area contributed by atoms with Crippen molar-refractivity contribution in [2.45, 2.75) is 45.0 Å². The van der Waals surface area contributed by atoms with Crippen molar-refractivity contribution in [3.63, 3.8) is 0 Å². The van der Waals surface area contributed by atoms with Crippen molar-refractivity contribution in [1.29, 1.82) is 0 Å². The van der Waals surface area contributed by atoms with Crippen LogP contribution < -0.4 is 10.5 Å². The molecule has 0 spiro atoms. The maximum atomic E-state index is 13.4. The summed E-state index contributed by atoms with van der Waals surface area (Å²) < 4.78 is 18.7. The van der Waals surface area contributed by atoms with Gasteiger partial charge in [0.25, 0.3) is 5.91 Å². The van der Waals surface area contributed by atoms with Gasteiger partial charge in [-0.25, -0.2) is 14.3 Å². The second-order valence-electron chi connectivity index (χ2n) is 10.6. The van der Waals surface area contributed by atoms with E-state index in [1.165, 1.54) is 4.57 Å². The minimum Gasteiger partial charge on any atom is -0.475 e. The Morgan fingerprint density at radius 1 is 1.05 bits per heavy atom. The van der Waals surface area contributed by atoms with Crippen molar-refractivity contribution < 1.29 is 18.7 Å². The number of rotatable bonds is 10. The van der Waals surface area contributed by atoms with Crippen molar-refractivity contribution >= 4 is 36.7 Å². The van der Waals surface area contributed by atoms with Crippen molar-refractivity contribution in [1.82, 2.24) is 14.5 Å². The molecule has 1 aliphatic heterocycles. The van der Waals surface area contributed by atoms with Crippen LogP contribution in [0.3, 0.4) is 0 Å². The summed E-state index contributed by atoms with van der Waals surface area (Å²) in [5.74, 6) is -0.149. The second-order valence-corrected chi connectivity index (χ2v) is 16.6.